The van der Waals surface area contributed by atoms with Crippen LogP contribution >= 0.6 is 23.2 Å². The van der Waals surface area contributed by atoms with Crippen molar-refractivity contribution in [2.75, 3.05) is 6.54 Å². The number of hydrogen-bond acceptors (Lipinski definition) is 3. The highest BCUT2D eigenvalue weighted by Gasteiger charge is 2.09. The second-order valence-electron chi connectivity index (χ2n) is 3.64. The van der Waals surface area contributed by atoms with Crippen LogP contribution in [0.2, 0.25) is 10.3 Å². The van der Waals surface area contributed by atoms with Gasteiger partial charge >= 0.3 is 0 Å². The van der Waals surface area contributed by atoms with E-state index in [2.05, 4.69) is 4.98 Å². The molecule has 0 saturated carbocycles. The van der Waals surface area contributed by atoms with Crippen molar-refractivity contribution in [1.29, 1.82) is 0 Å². The van der Waals surface area contributed by atoms with Crippen molar-refractivity contribution in [1.82, 2.24) is 9.55 Å². The van der Waals surface area contributed by atoms with Crippen LogP contribution in [0, 0.1) is 0 Å². The Balaban J connectivity index is 2.63. The number of fused-ring (bicyclic) bond motifs is 1. The maximum Gasteiger partial charge on any atom is 0.262 e. The first-order valence-electron chi connectivity index (χ1n) is 5.19. The van der Waals surface area contributed by atoms with Crippen molar-refractivity contribution in [3.05, 3.63) is 38.9 Å². The van der Waals surface area contributed by atoms with Gasteiger partial charge in [0.25, 0.3) is 5.56 Å². The van der Waals surface area contributed by atoms with Crippen molar-refractivity contribution < 1.29 is 0 Å². The summed E-state index contributed by atoms with van der Waals surface area (Å²) in [6.07, 6.45) is 0.681. The molecule has 1 heterocycles. The normalized spacial score (nSPS) is 11.0. The lowest BCUT2D eigenvalue weighted by Crippen LogP contribution is -2.23. The molecule has 1 aromatic carbocycles. The maximum atomic E-state index is 12.1. The number of halogens is 2. The molecule has 90 valence electrons. The minimum absolute atomic E-state index is 0.162. The summed E-state index contributed by atoms with van der Waals surface area (Å²) in [5.74, 6) is 0. The summed E-state index contributed by atoms with van der Waals surface area (Å²) in [4.78, 5) is 16.3. The van der Waals surface area contributed by atoms with Crippen LogP contribution in [0.5, 0.6) is 0 Å². The van der Waals surface area contributed by atoms with Crippen molar-refractivity contribution in [3.8, 4) is 0 Å². The summed E-state index contributed by atoms with van der Waals surface area (Å²) < 4.78 is 1.42. The Morgan fingerprint density at radius 2 is 2.12 bits per heavy atom. The molecule has 2 aromatic rings. The minimum atomic E-state index is -0.162. The van der Waals surface area contributed by atoms with Crippen molar-refractivity contribution in [2.24, 2.45) is 5.73 Å². The molecule has 4 nitrogen and oxygen atoms in total. The predicted molar refractivity (Wildman–Crippen MR) is 69.7 cm³/mol. The summed E-state index contributed by atoms with van der Waals surface area (Å²) in [6.45, 7) is 0.973. The Labute approximate surface area is 108 Å². The molecule has 2 N–H and O–H groups in total. The topological polar surface area (TPSA) is 60.9 Å². The third-order valence-electron chi connectivity index (χ3n) is 2.46. The summed E-state index contributed by atoms with van der Waals surface area (Å²) in [7, 11) is 0. The Morgan fingerprint density at radius 3 is 2.82 bits per heavy atom. The van der Waals surface area contributed by atoms with E-state index in [0.29, 0.717) is 35.4 Å². The van der Waals surface area contributed by atoms with Gasteiger partial charge in [0.1, 0.15) is 0 Å². The van der Waals surface area contributed by atoms with Crippen molar-refractivity contribution >= 4 is 34.1 Å². The second kappa shape index (κ2) is 5.04. The fraction of sp³-hybridized carbons (Fsp3) is 0.273. The van der Waals surface area contributed by atoms with E-state index in [4.69, 9.17) is 28.9 Å². The van der Waals surface area contributed by atoms with E-state index in [0.717, 1.165) is 0 Å². The molecule has 0 amide bonds. The quantitative estimate of drug-likeness (QED) is 0.870. The van der Waals surface area contributed by atoms with Crippen LogP contribution in [0.15, 0.2) is 23.0 Å². The van der Waals surface area contributed by atoms with Crippen molar-refractivity contribution in [3.63, 3.8) is 0 Å². The van der Waals surface area contributed by atoms with Gasteiger partial charge in [0, 0.05) is 11.6 Å². The van der Waals surface area contributed by atoms with Crippen LogP contribution in [-0.2, 0) is 6.54 Å². The standard InChI is InChI=1S/C11H11Cl2N3O/c12-7-2-3-8-9(6-7)15-11(13)16(10(8)17)5-1-4-14/h2-3,6H,1,4-5,14H2. The third-order valence-corrected chi connectivity index (χ3v) is 2.98. The number of hydrogen-bond donors (Lipinski definition) is 1. The SMILES string of the molecule is NCCCn1c(Cl)nc2cc(Cl)ccc2c1=O. The number of aromatic nitrogens is 2. The number of rotatable bonds is 3. The molecule has 0 aliphatic carbocycles. The van der Waals surface area contributed by atoms with Gasteiger partial charge in [0.05, 0.1) is 10.9 Å². The molecule has 0 fully saturated rings. The van der Waals surface area contributed by atoms with E-state index in [1.807, 2.05) is 0 Å². The zero-order valence-corrected chi connectivity index (χ0v) is 10.5. The van der Waals surface area contributed by atoms with E-state index in [1.54, 1.807) is 18.2 Å². The smallest absolute Gasteiger partial charge is 0.262 e. The fourth-order valence-corrected chi connectivity index (χ4v) is 2.03. The predicted octanol–water partition coefficient (Wildman–Crippen LogP) is 2.05. The van der Waals surface area contributed by atoms with Crippen LogP contribution in [0.25, 0.3) is 10.9 Å². The average Bonchev–Trinajstić information content (AvgIpc) is 2.28. The summed E-state index contributed by atoms with van der Waals surface area (Å²) in [5.41, 5.74) is 5.76. The number of nitrogens with two attached hydrogens (primary N) is 1. The Morgan fingerprint density at radius 1 is 1.35 bits per heavy atom. The van der Waals surface area contributed by atoms with Gasteiger partial charge in [-0.2, -0.15) is 0 Å². The minimum Gasteiger partial charge on any atom is -0.330 e. The molecule has 0 saturated heterocycles. The highest BCUT2D eigenvalue weighted by molar-refractivity contribution is 6.31. The zero-order chi connectivity index (χ0) is 12.4. The highest BCUT2D eigenvalue weighted by Crippen LogP contribution is 2.17. The van der Waals surface area contributed by atoms with Gasteiger partial charge in [-0.1, -0.05) is 11.6 Å². The van der Waals surface area contributed by atoms with Gasteiger partial charge in [-0.05, 0) is 42.8 Å². The average molecular weight is 272 g/mol. The molecule has 0 unspecified atom stereocenters. The van der Waals surface area contributed by atoms with Gasteiger partial charge in [0.15, 0.2) is 0 Å². The molecule has 0 aliphatic rings. The molecule has 0 bridgehead atoms. The van der Waals surface area contributed by atoms with Gasteiger partial charge in [-0.15, -0.1) is 0 Å². The summed E-state index contributed by atoms with van der Waals surface area (Å²) in [6, 6.07) is 4.94. The van der Waals surface area contributed by atoms with E-state index >= 15 is 0 Å². The van der Waals surface area contributed by atoms with Crippen LogP contribution in [0.4, 0.5) is 0 Å². The largest absolute Gasteiger partial charge is 0.330 e. The Kier molecular flexibility index (Phi) is 3.66. The highest BCUT2D eigenvalue weighted by atomic mass is 35.5. The van der Waals surface area contributed by atoms with E-state index in [9.17, 15) is 4.79 Å². The molecule has 0 aliphatic heterocycles. The summed E-state index contributed by atoms with van der Waals surface area (Å²) in [5, 5.41) is 1.20. The third kappa shape index (κ3) is 2.44. The monoisotopic (exact) mass is 271 g/mol. The molecule has 0 spiro atoms. The first kappa shape index (κ1) is 12.4. The number of nitrogens with zero attached hydrogens (tertiary/aromatic N) is 2. The molecule has 17 heavy (non-hydrogen) atoms. The van der Waals surface area contributed by atoms with E-state index in [-0.39, 0.29) is 10.8 Å². The van der Waals surface area contributed by atoms with E-state index in [1.165, 1.54) is 4.57 Å². The lowest BCUT2D eigenvalue weighted by atomic mass is 10.2. The second-order valence-corrected chi connectivity index (χ2v) is 4.42. The molecular formula is C11H11Cl2N3O. The van der Waals surface area contributed by atoms with Crippen molar-refractivity contribution in [2.45, 2.75) is 13.0 Å². The first-order valence-corrected chi connectivity index (χ1v) is 5.94. The molecule has 0 radical (unpaired) electrons. The zero-order valence-electron chi connectivity index (χ0n) is 8.99. The lowest BCUT2D eigenvalue weighted by molar-refractivity contribution is 0.625. The van der Waals surface area contributed by atoms with Gasteiger partial charge < -0.3 is 5.73 Å². The molecule has 1 aromatic heterocycles. The van der Waals surface area contributed by atoms with E-state index < -0.39 is 0 Å². The van der Waals surface area contributed by atoms with Crippen LogP contribution in [0.3, 0.4) is 0 Å². The Bertz CT molecular complexity index is 609. The Hall–Kier alpha value is -1.10. The van der Waals surface area contributed by atoms with Gasteiger partial charge in [-0.3, -0.25) is 9.36 Å². The van der Waals surface area contributed by atoms with Gasteiger partial charge in [-0.25, -0.2) is 4.98 Å². The lowest BCUT2D eigenvalue weighted by Gasteiger charge is -2.08. The molecular weight excluding hydrogens is 261 g/mol. The van der Waals surface area contributed by atoms with Crippen LogP contribution in [0.1, 0.15) is 6.42 Å². The first-order chi connectivity index (χ1) is 8.13. The molecule has 6 heteroatoms. The summed E-state index contributed by atoms with van der Waals surface area (Å²) >= 11 is 11.8. The molecule has 0 atom stereocenters. The molecule has 2 rings (SSSR count). The van der Waals surface area contributed by atoms with Gasteiger partial charge in [0.2, 0.25) is 5.28 Å². The maximum absolute atomic E-state index is 12.1. The van der Waals surface area contributed by atoms with Crippen LogP contribution in [-0.4, -0.2) is 16.1 Å². The van der Waals surface area contributed by atoms with Crippen LogP contribution < -0.4 is 11.3 Å². The number of benzene rings is 1. The fourth-order valence-electron chi connectivity index (χ4n) is 1.61.